The Morgan fingerprint density at radius 1 is 1.56 bits per heavy atom. The van der Waals surface area contributed by atoms with Crippen LogP contribution in [-0.4, -0.2) is 10.8 Å². The van der Waals surface area contributed by atoms with Crippen molar-refractivity contribution in [2.75, 3.05) is 0 Å². The van der Waals surface area contributed by atoms with Crippen LogP contribution in [0.5, 0.6) is 0 Å². The van der Waals surface area contributed by atoms with Crippen molar-refractivity contribution in [2.24, 2.45) is 0 Å². The van der Waals surface area contributed by atoms with Crippen molar-refractivity contribution in [1.82, 2.24) is 5.32 Å². The minimum Gasteiger partial charge on any atom is -0.348 e. The zero-order chi connectivity index (χ0) is 13.5. The lowest BCUT2D eigenvalue weighted by atomic mass is 10.2. The number of hydrogen-bond acceptors (Lipinski definition) is 3. The van der Waals surface area contributed by atoms with Gasteiger partial charge in [-0.2, -0.15) is 0 Å². The third-order valence-electron chi connectivity index (χ3n) is 2.13. The number of halogens is 1. The molecule has 0 fully saturated rings. The molecule has 0 saturated heterocycles. The number of carbonyl (C=O) groups excluding carboxylic acids is 1. The van der Waals surface area contributed by atoms with Crippen LogP contribution in [0.2, 0.25) is 5.02 Å². The van der Waals surface area contributed by atoms with E-state index < -0.39 is 4.92 Å². The zero-order valence-corrected chi connectivity index (χ0v) is 10.3. The molecule has 0 aliphatic carbocycles. The van der Waals surface area contributed by atoms with Gasteiger partial charge in [0.15, 0.2) is 0 Å². The van der Waals surface area contributed by atoms with Crippen molar-refractivity contribution in [2.45, 2.75) is 13.0 Å². The number of nitro benzene ring substituents is 1. The Morgan fingerprint density at radius 3 is 2.89 bits per heavy atom. The van der Waals surface area contributed by atoms with Gasteiger partial charge in [0.25, 0.3) is 5.69 Å². The molecule has 0 heterocycles. The summed E-state index contributed by atoms with van der Waals surface area (Å²) in [4.78, 5) is 21.6. The van der Waals surface area contributed by atoms with Gasteiger partial charge in [-0.25, -0.2) is 0 Å². The summed E-state index contributed by atoms with van der Waals surface area (Å²) in [6.45, 7) is 3.63. The Balaban J connectivity index is 2.76. The van der Waals surface area contributed by atoms with Gasteiger partial charge in [-0.15, -0.1) is 0 Å². The first kappa shape index (κ1) is 14.2. The molecule has 0 aliphatic rings. The van der Waals surface area contributed by atoms with Gasteiger partial charge in [0.1, 0.15) is 0 Å². The number of amides is 1. The molecule has 5 nitrogen and oxygen atoms in total. The Kier molecular flexibility index (Phi) is 5.32. The van der Waals surface area contributed by atoms with Crippen molar-refractivity contribution >= 4 is 23.2 Å². The first-order valence-electron chi connectivity index (χ1n) is 5.21. The fourth-order valence-corrected chi connectivity index (χ4v) is 1.45. The molecule has 6 heteroatoms. The maximum absolute atomic E-state index is 11.3. The third kappa shape index (κ3) is 4.18. The molecule has 1 aromatic rings. The monoisotopic (exact) mass is 267 g/mol. The molecule has 1 amide bonds. The highest BCUT2D eigenvalue weighted by molar-refractivity contribution is 6.30. The predicted molar refractivity (Wildman–Crippen MR) is 69.1 cm³/mol. The number of hydrogen-bond donors (Lipinski definition) is 1. The van der Waals surface area contributed by atoms with Crippen LogP contribution in [0, 0.1) is 17.0 Å². The average Bonchev–Trinajstić information content (AvgIpc) is 2.34. The van der Waals surface area contributed by atoms with Gasteiger partial charge in [0, 0.05) is 23.2 Å². The second kappa shape index (κ2) is 6.76. The van der Waals surface area contributed by atoms with Crippen molar-refractivity contribution in [3.8, 4) is 0 Å². The molecule has 0 unspecified atom stereocenters. The van der Waals surface area contributed by atoms with Gasteiger partial charge in [0.05, 0.1) is 4.92 Å². The third-order valence-corrected chi connectivity index (χ3v) is 2.37. The summed E-state index contributed by atoms with van der Waals surface area (Å²) in [5.41, 5.74) is 0.296. The van der Waals surface area contributed by atoms with Crippen LogP contribution in [0.4, 0.5) is 5.69 Å². The summed E-state index contributed by atoms with van der Waals surface area (Å²) in [7, 11) is 0. The molecule has 0 saturated carbocycles. The van der Waals surface area contributed by atoms with Crippen LogP contribution in [-0.2, 0) is 11.3 Å². The predicted octanol–water partition coefficient (Wildman–Crippen LogP) is 2.64. The van der Waals surface area contributed by atoms with Crippen LogP contribution >= 0.6 is 11.6 Å². The quantitative estimate of drug-likeness (QED) is 0.506. The Hall–Kier alpha value is -1.88. The van der Waals surface area contributed by atoms with E-state index in [0.717, 1.165) is 0 Å². The van der Waals surface area contributed by atoms with Crippen LogP contribution in [0.25, 0.3) is 0 Å². The van der Waals surface area contributed by atoms with E-state index >= 15 is 0 Å². The molecular formula is C12H12ClN2O3. The van der Waals surface area contributed by atoms with E-state index in [-0.39, 0.29) is 23.2 Å². The van der Waals surface area contributed by atoms with Crippen LogP contribution in [0.1, 0.15) is 12.0 Å². The van der Waals surface area contributed by atoms with Crippen LogP contribution in [0.3, 0.4) is 0 Å². The highest BCUT2D eigenvalue weighted by Gasteiger charge is 2.14. The number of rotatable bonds is 5. The first-order chi connectivity index (χ1) is 8.54. The second-order valence-corrected chi connectivity index (χ2v) is 3.88. The lowest BCUT2D eigenvalue weighted by Gasteiger charge is -2.04. The van der Waals surface area contributed by atoms with E-state index in [1.807, 2.05) is 0 Å². The van der Waals surface area contributed by atoms with Crippen molar-refractivity contribution < 1.29 is 9.72 Å². The number of benzene rings is 1. The zero-order valence-electron chi connectivity index (χ0n) is 9.56. The minimum absolute atomic E-state index is 0.0772. The molecule has 0 aromatic heterocycles. The molecule has 0 bridgehead atoms. The highest BCUT2D eigenvalue weighted by Crippen LogP contribution is 2.22. The lowest BCUT2D eigenvalue weighted by Crippen LogP contribution is -2.20. The molecule has 18 heavy (non-hydrogen) atoms. The molecule has 1 aromatic carbocycles. The van der Waals surface area contributed by atoms with E-state index in [4.69, 9.17) is 11.6 Å². The standard InChI is InChI=1S/C12H12ClN2O3/c1-2-3-4-12(16)14-8-9-5-6-10(13)7-11(9)15(17)18/h3-7H,1-2,8H2,(H,14,16). The molecule has 1 rings (SSSR count). The maximum Gasteiger partial charge on any atom is 0.275 e. The average molecular weight is 268 g/mol. The van der Waals surface area contributed by atoms with Crippen molar-refractivity contribution in [3.63, 3.8) is 0 Å². The molecule has 0 atom stereocenters. The SMILES string of the molecule is [CH2]CC=CC(=O)NCc1ccc(Cl)cc1[N+](=O)[O-]. The van der Waals surface area contributed by atoms with Gasteiger partial charge in [-0.3, -0.25) is 14.9 Å². The van der Waals surface area contributed by atoms with Gasteiger partial charge >= 0.3 is 0 Å². The molecular weight excluding hydrogens is 256 g/mol. The van der Waals surface area contributed by atoms with Crippen molar-refractivity contribution in [3.05, 3.63) is 58.0 Å². The number of nitro groups is 1. The van der Waals surface area contributed by atoms with Gasteiger partial charge in [-0.05, 0) is 31.6 Å². The summed E-state index contributed by atoms with van der Waals surface area (Å²) in [5.74, 6) is -0.317. The number of allylic oxidation sites excluding steroid dienone is 1. The Labute approximate surface area is 110 Å². The molecule has 95 valence electrons. The minimum atomic E-state index is -0.529. The van der Waals surface area contributed by atoms with E-state index in [1.165, 1.54) is 18.2 Å². The fraction of sp³-hybridized carbons (Fsp3) is 0.167. The first-order valence-corrected chi connectivity index (χ1v) is 5.59. The van der Waals surface area contributed by atoms with Gasteiger partial charge in [0.2, 0.25) is 5.91 Å². The summed E-state index contributed by atoms with van der Waals surface area (Å²) in [5, 5.41) is 13.6. The fourth-order valence-electron chi connectivity index (χ4n) is 1.29. The smallest absolute Gasteiger partial charge is 0.275 e. The summed E-state index contributed by atoms with van der Waals surface area (Å²) >= 11 is 5.68. The lowest BCUT2D eigenvalue weighted by molar-refractivity contribution is -0.385. The molecule has 1 radical (unpaired) electrons. The maximum atomic E-state index is 11.3. The summed E-state index contributed by atoms with van der Waals surface area (Å²) in [6.07, 6.45) is 3.45. The van der Waals surface area contributed by atoms with Crippen LogP contribution in [0.15, 0.2) is 30.4 Å². The largest absolute Gasteiger partial charge is 0.348 e. The number of nitrogens with one attached hydrogen (secondary N) is 1. The van der Waals surface area contributed by atoms with E-state index in [1.54, 1.807) is 12.1 Å². The summed E-state index contributed by atoms with van der Waals surface area (Å²) < 4.78 is 0. The van der Waals surface area contributed by atoms with E-state index in [9.17, 15) is 14.9 Å². The van der Waals surface area contributed by atoms with E-state index in [0.29, 0.717) is 12.0 Å². The number of carbonyl (C=O) groups is 1. The number of nitrogens with zero attached hydrogens (tertiary/aromatic N) is 1. The Bertz CT molecular complexity index is 486. The highest BCUT2D eigenvalue weighted by atomic mass is 35.5. The van der Waals surface area contributed by atoms with Gasteiger partial charge < -0.3 is 5.32 Å². The van der Waals surface area contributed by atoms with Gasteiger partial charge in [-0.1, -0.05) is 17.7 Å². The van der Waals surface area contributed by atoms with Crippen LogP contribution < -0.4 is 5.32 Å². The summed E-state index contributed by atoms with van der Waals surface area (Å²) in [6, 6.07) is 4.32. The Morgan fingerprint density at radius 2 is 2.28 bits per heavy atom. The van der Waals surface area contributed by atoms with E-state index in [2.05, 4.69) is 12.2 Å². The topological polar surface area (TPSA) is 72.2 Å². The molecule has 0 spiro atoms. The molecule has 1 N–H and O–H groups in total. The van der Waals surface area contributed by atoms with Crippen molar-refractivity contribution in [1.29, 1.82) is 0 Å². The normalized spacial score (nSPS) is 10.6. The molecule has 0 aliphatic heterocycles. The second-order valence-electron chi connectivity index (χ2n) is 3.44.